The number of benzene rings is 1. The van der Waals surface area contributed by atoms with Gasteiger partial charge in [-0.1, -0.05) is 32.6 Å². The molecule has 0 radical (unpaired) electrons. The molecular weight excluding hydrogens is 296 g/mol. The summed E-state index contributed by atoms with van der Waals surface area (Å²) in [6, 6.07) is 4.79. The predicted octanol–water partition coefficient (Wildman–Crippen LogP) is 4.74. The lowest BCUT2D eigenvalue weighted by Gasteiger charge is -2.08. The molecule has 18 heavy (non-hydrogen) atoms. The van der Waals surface area contributed by atoms with E-state index in [4.69, 9.17) is 0 Å². The highest BCUT2D eigenvalue weighted by molar-refractivity contribution is 9.10. The minimum Gasteiger partial charge on any atom is -0.384 e. The van der Waals surface area contributed by atoms with Gasteiger partial charge in [0.1, 0.15) is 0 Å². The summed E-state index contributed by atoms with van der Waals surface area (Å²) in [4.78, 5) is 10.2. The summed E-state index contributed by atoms with van der Waals surface area (Å²) >= 11 is 3.34. The second-order valence-electron chi connectivity index (χ2n) is 4.26. The minimum absolute atomic E-state index is 0.107. The number of nitro benzene ring substituents is 1. The molecule has 1 aromatic carbocycles. The fourth-order valence-corrected chi connectivity index (χ4v) is 2.22. The second kappa shape index (κ2) is 8.08. The zero-order valence-corrected chi connectivity index (χ0v) is 12.2. The van der Waals surface area contributed by atoms with E-state index in [2.05, 4.69) is 28.2 Å². The largest absolute Gasteiger partial charge is 0.384 e. The first-order valence-corrected chi connectivity index (χ1v) is 7.12. The number of hydrogen-bond acceptors (Lipinski definition) is 3. The fourth-order valence-electron chi connectivity index (χ4n) is 1.71. The summed E-state index contributed by atoms with van der Waals surface area (Å²) < 4.78 is 0.741. The van der Waals surface area contributed by atoms with Crippen LogP contribution >= 0.6 is 15.9 Å². The molecule has 0 aromatic heterocycles. The van der Waals surface area contributed by atoms with Crippen molar-refractivity contribution in [3.63, 3.8) is 0 Å². The van der Waals surface area contributed by atoms with Crippen molar-refractivity contribution < 1.29 is 4.92 Å². The van der Waals surface area contributed by atoms with Crippen LogP contribution in [0, 0.1) is 10.1 Å². The first-order valence-electron chi connectivity index (χ1n) is 6.33. The van der Waals surface area contributed by atoms with Crippen LogP contribution in [-0.4, -0.2) is 11.5 Å². The summed E-state index contributed by atoms with van der Waals surface area (Å²) in [5.74, 6) is 0. The van der Waals surface area contributed by atoms with Crippen LogP contribution in [0.4, 0.5) is 11.4 Å². The zero-order valence-electron chi connectivity index (χ0n) is 10.6. The van der Waals surface area contributed by atoms with Gasteiger partial charge in [0.15, 0.2) is 0 Å². The van der Waals surface area contributed by atoms with Crippen LogP contribution in [0.15, 0.2) is 22.7 Å². The molecule has 0 aliphatic heterocycles. The van der Waals surface area contributed by atoms with Gasteiger partial charge in [0.2, 0.25) is 0 Å². The van der Waals surface area contributed by atoms with Gasteiger partial charge >= 0.3 is 0 Å². The van der Waals surface area contributed by atoms with Crippen molar-refractivity contribution >= 4 is 27.3 Å². The maximum atomic E-state index is 10.6. The Morgan fingerprint density at radius 1 is 1.28 bits per heavy atom. The first kappa shape index (κ1) is 15.0. The Bertz CT molecular complexity index is 397. The normalized spacial score (nSPS) is 10.3. The molecular formula is C13H19BrN2O2. The molecule has 0 saturated carbocycles. The molecule has 0 unspecified atom stereocenters. The molecule has 100 valence electrons. The number of halogens is 1. The molecule has 0 fully saturated rings. The molecule has 4 nitrogen and oxygen atoms in total. The third-order valence-electron chi connectivity index (χ3n) is 2.76. The quantitative estimate of drug-likeness (QED) is 0.428. The third kappa shape index (κ3) is 5.04. The molecule has 1 N–H and O–H groups in total. The topological polar surface area (TPSA) is 55.2 Å². The molecule has 1 aromatic rings. The highest BCUT2D eigenvalue weighted by Crippen LogP contribution is 2.27. The van der Waals surface area contributed by atoms with E-state index in [9.17, 15) is 10.1 Å². The van der Waals surface area contributed by atoms with Gasteiger partial charge in [-0.2, -0.15) is 0 Å². The van der Waals surface area contributed by atoms with E-state index in [1.165, 1.54) is 37.8 Å². The monoisotopic (exact) mass is 314 g/mol. The maximum absolute atomic E-state index is 10.6. The number of hydrogen-bond donors (Lipinski definition) is 1. The summed E-state index contributed by atoms with van der Waals surface area (Å²) in [7, 11) is 0. The summed E-state index contributed by atoms with van der Waals surface area (Å²) in [5.41, 5.74) is 1.02. The van der Waals surface area contributed by atoms with Gasteiger partial charge in [0, 0.05) is 28.8 Å². The van der Waals surface area contributed by atoms with Crippen molar-refractivity contribution in [2.45, 2.75) is 39.0 Å². The van der Waals surface area contributed by atoms with E-state index in [0.29, 0.717) is 0 Å². The van der Waals surface area contributed by atoms with Crippen molar-refractivity contribution in [1.82, 2.24) is 0 Å². The number of unbranched alkanes of at least 4 members (excludes halogenated alkanes) is 4. The Morgan fingerprint density at radius 3 is 2.61 bits per heavy atom. The Balaban J connectivity index is 2.36. The van der Waals surface area contributed by atoms with Crippen LogP contribution in [0.3, 0.4) is 0 Å². The lowest BCUT2D eigenvalue weighted by Crippen LogP contribution is -2.02. The molecule has 5 heteroatoms. The fraction of sp³-hybridized carbons (Fsp3) is 0.538. The number of nitro groups is 1. The highest BCUT2D eigenvalue weighted by atomic mass is 79.9. The van der Waals surface area contributed by atoms with Crippen LogP contribution in [-0.2, 0) is 0 Å². The maximum Gasteiger partial charge on any atom is 0.270 e. The SMILES string of the molecule is CCCCCCCNc1ccc([N+](=O)[O-])cc1Br. The van der Waals surface area contributed by atoms with E-state index in [-0.39, 0.29) is 10.6 Å². The molecule has 0 saturated heterocycles. The standard InChI is InChI=1S/C13H19BrN2O2/c1-2-3-4-5-6-9-15-13-8-7-11(16(17)18)10-12(13)14/h7-8,10,15H,2-6,9H2,1H3. The van der Waals surface area contributed by atoms with Gasteiger partial charge in [-0.15, -0.1) is 0 Å². The number of nitrogens with one attached hydrogen (secondary N) is 1. The van der Waals surface area contributed by atoms with Crippen molar-refractivity contribution in [1.29, 1.82) is 0 Å². The van der Waals surface area contributed by atoms with E-state index in [1.807, 2.05) is 0 Å². The predicted molar refractivity (Wildman–Crippen MR) is 78.0 cm³/mol. The molecule has 0 spiro atoms. The highest BCUT2D eigenvalue weighted by Gasteiger charge is 2.08. The van der Waals surface area contributed by atoms with Gasteiger partial charge < -0.3 is 5.32 Å². The molecule has 0 atom stereocenters. The molecule has 0 aliphatic rings. The molecule has 0 heterocycles. The van der Waals surface area contributed by atoms with Crippen LogP contribution < -0.4 is 5.32 Å². The minimum atomic E-state index is -0.390. The Hall–Kier alpha value is -1.10. The van der Waals surface area contributed by atoms with Gasteiger partial charge in [-0.05, 0) is 28.4 Å². The summed E-state index contributed by atoms with van der Waals surface area (Å²) in [6.07, 6.45) is 6.18. The van der Waals surface area contributed by atoms with Crippen LogP contribution in [0.2, 0.25) is 0 Å². The van der Waals surface area contributed by atoms with Crippen LogP contribution in [0.25, 0.3) is 0 Å². The average Bonchev–Trinajstić information content (AvgIpc) is 2.35. The van der Waals surface area contributed by atoms with Gasteiger partial charge in [-0.25, -0.2) is 0 Å². The zero-order chi connectivity index (χ0) is 13.4. The van der Waals surface area contributed by atoms with Crippen LogP contribution in [0.1, 0.15) is 39.0 Å². The van der Waals surface area contributed by atoms with Gasteiger partial charge in [0.05, 0.1) is 4.92 Å². The summed E-state index contributed by atoms with van der Waals surface area (Å²) in [5, 5.41) is 13.9. The lowest BCUT2D eigenvalue weighted by atomic mass is 10.1. The van der Waals surface area contributed by atoms with Gasteiger partial charge in [0.25, 0.3) is 5.69 Å². The average molecular weight is 315 g/mol. The van der Waals surface area contributed by atoms with E-state index in [0.717, 1.165) is 23.1 Å². The van der Waals surface area contributed by atoms with E-state index < -0.39 is 0 Å². The van der Waals surface area contributed by atoms with E-state index >= 15 is 0 Å². The van der Waals surface area contributed by atoms with Crippen molar-refractivity contribution in [3.8, 4) is 0 Å². The number of rotatable bonds is 8. The lowest BCUT2D eigenvalue weighted by molar-refractivity contribution is -0.384. The smallest absolute Gasteiger partial charge is 0.270 e. The number of anilines is 1. The third-order valence-corrected chi connectivity index (χ3v) is 3.42. The van der Waals surface area contributed by atoms with Crippen LogP contribution in [0.5, 0.6) is 0 Å². The summed E-state index contributed by atoms with van der Waals surface area (Å²) in [6.45, 7) is 3.10. The van der Waals surface area contributed by atoms with Crippen molar-refractivity contribution in [3.05, 3.63) is 32.8 Å². The Labute approximate surface area is 116 Å². The number of nitrogens with zero attached hydrogens (tertiary/aromatic N) is 1. The second-order valence-corrected chi connectivity index (χ2v) is 5.12. The van der Waals surface area contributed by atoms with E-state index in [1.54, 1.807) is 6.07 Å². The molecule has 1 rings (SSSR count). The molecule has 0 bridgehead atoms. The molecule has 0 aliphatic carbocycles. The Morgan fingerprint density at radius 2 is 2.00 bits per heavy atom. The molecule has 0 amide bonds. The van der Waals surface area contributed by atoms with Crippen molar-refractivity contribution in [2.24, 2.45) is 0 Å². The number of non-ortho nitro benzene ring substituents is 1. The first-order chi connectivity index (χ1) is 8.65. The van der Waals surface area contributed by atoms with Crippen molar-refractivity contribution in [2.75, 3.05) is 11.9 Å². The Kier molecular flexibility index (Phi) is 6.72. The van der Waals surface area contributed by atoms with Gasteiger partial charge in [-0.3, -0.25) is 10.1 Å².